The van der Waals surface area contributed by atoms with E-state index < -0.39 is 0 Å². The van der Waals surface area contributed by atoms with Gasteiger partial charge in [0.25, 0.3) is 0 Å². The van der Waals surface area contributed by atoms with Gasteiger partial charge in [-0.3, -0.25) is 4.98 Å². The molecule has 0 radical (unpaired) electrons. The Morgan fingerprint density at radius 3 is 2.80 bits per heavy atom. The molecule has 0 spiro atoms. The highest BCUT2D eigenvalue weighted by molar-refractivity contribution is 5.82. The van der Waals surface area contributed by atoms with Crippen LogP contribution in [0.25, 0.3) is 10.8 Å². The van der Waals surface area contributed by atoms with E-state index >= 15 is 0 Å². The van der Waals surface area contributed by atoms with Crippen molar-refractivity contribution in [2.75, 3.05) is 5.32 Å². The minimum absolute atomic E-state index is 0.319. The van der Waals surface area contributed by atoms with Gasteiger partial charge < -0.3 is 10.4 Å². The van der Waals surface area contributed by atoms with Gasteiger partial charge in [-0.2, -0.15) is 0 Å². The highest BCUT2D eigenvalue weighted by Gasteiger charge is 2.00. The molecule has 0 saturated carbocycles. The Hall–Kier alpha value is -2.55. The summed E-state index contributed by atoms with van der Waals surface area (Å²) in [5, 5.41) is 15.3. The summed E-state index contributed by atoms with van der Waals surface area (Å²) < 4.78 is 0. The molecule has 2 N–H and O–H groups in total. The first kappa shape index (κ1) is 12.5. The average molecular weight is 264 g/mol. The van der Waals surface area contributed by atoms with Gasteiger partial charge in [-0.25, -0.2) is 0 Å². The molecule has 0 unspecified atom stereocenters. The van der Waals surface area contributed by atoms with Gasteiger partial charge in [0.15, 0.2) is 0 Å². The van der Waals surface area contributed by atoms with E-state index in [-0.39, 0.29) is 0 Å². The van der Waals surface area contributed by atoms with Crippen molar-refractivity contribution in [1.82, 2.24) is 4.98 Å². The van der Waals surface area contributed by atoms with Crippen molar-refractivity contribution in [1.29, 1.82) is 0 Å². The van der Waals surface area contributed by atoms with E-state index in [0.717, 1.165) is 23.2 Å². The number of benzene rings is 2. The lowest BCUT2D eigenvalue weighted by Gasteiger charge is -2.09. The summed E-state index contributed by atoms with van der Waals surface area (Å²) in [7, 11) is 0. The van der Waals surface area contributed by atoms with Gasteiger partial charge in [0.1, 0.15) is 5.75 Å². The van der Waals surface area contributed by atoms with Crippen LogP contribution in [0.1, 0.15) is 11.1 Å². The molecule has 3 heteroatoms. The van der Waals surface area contributed by atoms with Crippen LogP contribution in [0.4, 0.5) is 5.69 Å². The molecule has 3 nitrogen and oxygen atoms in total. The molecule has 0 aliphatic heterocycles. The third-order valence-corrected chi connectivity index (χ3v) is 3.41. The van der Waals surface area contributed by atoms with Crippen LogP contribution >= 0.6 is 0 Å². The minimum Gasteiger partial charge on any atom is -0.508 e. The van der Waals surface area contributed by atoms with Gasteiger partial charge in [-0.15, -0.1) is 0 Å². The number of phenolic OH excluding ortho intramolecular Hbond substituents is 1. The first-order valence-corrected chi connectivity index (χ1v) is 6.58. The SMILES string of the molecule is Cc1ccc(NCc2ccc3cnccc3c2)cc1O. The lowest BCUT2D eigenvalue weighted by Crippen LogP contribution is -1.99. The van der Waals surface area contributed by atoms with Crippen LogP contribution in [-0.2, 0) is 6.54 Å². The van der Waals surface area contributed by atoms with Gasteiger partial charge in [-0.05, 0) is 41.6 Å². The Morgan fingerprint density at radius 1 is 1.05 bits per heavy atom. The Kier molecular flexibility index (Phi) is 3.25. The summed E-state index contributed by atoms with van der Waals surface area (Å²) in [6, 6.07) is 14.0. The highest BCUT2D eigenvalue weighted by atomic mass is 16.3. The van der Waals surface area contributed by atoms with Crippen molar-refractivity contribution < 1.29 is 5.11 Å². The topological polar surface area (TPSA) is 45.2 Å². The van der Waals surface area contributed by atoms with Gasteiger partial charge in [0.2, 0.25) is 0 Å². The third kappa shape index (κ3) is 2.57. The van der Waals surface area contributed by atoms with Crippen molar-refractivity contribution in [3.8, 4) is 5.75 Å². The van der Waals surface area contributed by atoms with E-state index in [1.165, 1.54) is 10.9 Å². The Labute approximate surface area is 117 Å². The number of anilines is 1. The fourth-order valence-electron chi connectivity index (χ4n) is 2.17. The average Bonchev–Trinajstić information content (AvgIpc) is 2.48. The van der Waals surface area contributed by atoms with E-state index in [1.54, 1.807) is 12.3 Å². The Morgan fingerprint density at radius 2 is 1.95 bits per heavy atom. The number of aryl methyl sites for hydroxylation is 1. The van der Waals surface area contributed by atoms with Crippen molar-refractivity contribution in [2.24, 2.45) is 0 Å². The second kappa shape index (κ2) is 5.21. The smallest absolute Gasteiger partial charge is 0.120 e. The van der Waals surface area contributed by atoms with E-state index in [4.69, 9.17) is 0 Å². The maximum absolute atomic E-state index is 9.69. The van der Waals surface area contributed by atoms with Crippen molar-refractivity contribution in [3.63, 3.8) is 0 Å². The molecule has 0 bridgehead atoms. The van der Waals surface area contributed by atoms with Crippen LogP contribution in [0.2, 0.25) is 0 Å². The number of phenols is 1. The second-order valence-electron chi connectivity index (χ2n) is 4.91. The zero-order chi connectivity index (χ0) is 13.9. The number of pyridine rings is 1. The molecule has 0 aliphatic rings. The minimum atomic E-state index is 0.319. The lowest BCUT2D eigenvalue weighted by atomic mass is 10.1. The Bertz CT molecular complexity index is 753. The molecule has 0 atom stereocenters. The molecular formula is C17H16N2O. The Balaban J connectivity index is 1.77. The predicted molar refractivity (Wildman–Crippen MR) is 81.9 cm³/mol. The van der Waals surface area contributed by atoms with Gasteiger partial charge in [-0.1, -0.05) is 18.2 Å². The first-order chi connectivity index (χ1) is 9.72. The summed E-state index contributed by atoms with van der Waals surface area (Å²) in [4.78, 5) is 4.11. The summed E-state index contributed by atoms with van der Waals surface area (Å²) in [5.74, 6) is 0.319. The molecule has 2 aromatic carbocycles. The van der Waals surface area contributed by atoms with Crippen LogP contribution in [0.15, 0.2) is 54.9 Å². The molecule has 0 saturated heterocycles. The number of hydrogen-bond donors (Lipinski definition) is 2. The highest BCUT2D eigenvalue weighted by Crippen LogP contribution is 2.22. The third-order valence-electron chi connectivity index (χ3n) is 3.41. The molecule has 0 fully saturated rings. The van der Waals surface area contributed by atoms with Crippen LogP contribution in [0, 0.1) is 6.92 Å². The molecule has 1 heterocycles. The molecule has 3 rings (SSSR count). The van der Waals surface area contributed by atoms with Crippen LogP contribution in [0.5, 0.6) is 5.75 Å². The second-order valence-corrected chi connectivity index (χ2v) is 4.91. The number of hydrogen-bond acceptors (Lipinski definition) is 3. The molecule has 0 aliphatic carbocycles. The number of aromatic hydroxyl groups is 1. The first-order valence-electron chi connectivity index (χ1n) is 6.58. The van der Waals surface area contributed by atoms with Crippen LogP contribution in [0.3, 0.4) is 0 Å². The molecule has 3 aromatic rings. The number of nitrogens with one attached hydrogen (secondary N) is 1. The summed E-state index contributed by atoms with van der Waals surface area (Å²) >= 11 is 0. The number of aromatic nitrogens is 1. The standard InChI is InChI=1S/C17H16N2O/c1-12-2-5-16(9-17(12)20)19-10-13-3-4-15-11-18-7-6-14(15)8-13/h2-9,11,19-20H,10H2,1H3. The van der Waals surface area contributed by atoms with Crippen LogP contribution in [-0.4, -0.2) is 10.1 Å². The van der Waals surface area contributed by atoms with E-state index in [2.05, 4.69) is 28.5 Å². The molecule has 1 aromatic heterocycles. The van der Waals surface area contributed by atoms with Crippen molar-refractivity contribution in [2.45, 2.75) is 13.5 Å². The number of rotatable bonds is 3. The zero-order valence-corrected chi connectivity index (χ0v) is 11.3. The quantitative estimate of drug-likeness (QED) is 0.755. The largest absolute Gasteiger partial charge is 0.508 e. The van der Waals surface area contributed by atoms with Gasteiger partial charge >= 0.3 is 0 Å². The van der Waals surface area contributed by atoms with Crippen molar-refractivity contribution >= 4 is 16.5 Å². The molecule has 100 valence electrons. The number of fused-ring (bicyclic) bond motifs is 1. The normalized spacial score (nSPS) is 10.7. The molecule has 20 heavy (non-hydrogen) atoms. The maximum Gasteiger partial charge on any atom is 0.120 e. The van der Waals surface area contributed by atoms with Crippen molar-refractivity contribution in [3.05, 3.63) is 66.0 Å². The zero-order valence-electron chi connectivity index (χ0n) is 11.3. The van der Waals surface area contributed by atoms with Gasteiger partial charge in [0.05, 0.1) is 0 Å². The maximum atomic E-state index is 9.69. The molecular weight excluding hydrogens is 248 g/mol. The molecule has 0 amide bonds. The van der Waals surface area contributed by atoms with Gasteiger partial charge in [0, 0.05) is 36.1 Å². The van der Waals surface area contributed by atoms with Crippen LogP contribution < -0.4 is 5.32 Å². The number of nitrogens with zero attached hydrogens (tertiary/aromatic N) is 1. The van der Waals surface area contributed by atoms with E-state index in [9.17, 15) is 5.11 Å². The summed E-state index contributed by atoms with van der Waals surface area (Å²) in [6.45, 7) is 2.61. The summed E-state index contributed by atoms with van der Waals surface area (Å²) in [6.07, 6.45) is 3.67. The van der Waals surface area contributed by atoms with E-state index in [0.29, 0.717) is 5.75 Å². The van der Waals surface area contributed by atoms with E-state index in [1.807, 2.05) is 31.3 Å². The lowest BCUT2D eigenvalue weighted by molar-refractivity contribution is 0.471. The monoisotopic (exact) mass is 264 g/mol. The summed E-state index contributed by atoms with van der Waals surface area (Å²) in [5.41, 5.74) is 3.00. The predicted octanol–water partition coefficient (Wildman–Crippen LogP) is 3.86. The fourth-order valence-corrected chi connectivity index (χ4v) is 2.17. The fraction of sp³-hybridized carbons (Fsp3) is 0.118.